The first-order chi connectivity index (χ1) is 6.31. The molecule has 1 rings (SSSR count). The lowest BCUT2D eigenvalue weighted by molar-refractivity contribution is -0.121. The molecule has 0 aromatic heterocycles. The molecule has 4 nitrogen and oxygen atoms in total. The van der Waals surface area contributed by atoms with Crippen LogP contribution in [0.5, 0.6) is 0 Å². The molecule has 0 spiro atoms. The van der Waals surface area contributed by atoms with E-state index in [4.69, 9.17) is 0 Å². The third-order valence-corrected chi connectivity index (χ3v) is 3.75. The van der Waals surface area contributed by atoms with Crippen LogP contribution in [0, 0.1) is 0 Å². The quantitative estimate of drug-likeness (QED) is 0.710. The molecule has 0 saturated carbocycles. The largest absolute Gasteiger partial charge is 0.402 e. The summed E-state index contributed by atoms with van der Waals surface area (Å²) in [6.45, 7) is -0.753. The van der Waals surface area contributed by atoms with Gasteiger partial charge in [-0.1, -0.05) is 0 Å². The minimum atomic E-state index is -4.50. The summed E-state index contributed by atoms with van der Waals surface area (Å²) in [5.74, 6) is 0. The summed E-state index contributed by atoms with van der Waals surface area (Å²) >= 11 is 0. The summed E-state index contributed by atoms with van der Waals surface area (Å²) in [6.07, 6.45) is -4.15. The number of nitrogens with one attached hydrogen (secondary N) is 2. The lowest BCUT2D eigenvalue weighted by Gasteiger charge is -2.13. The summed E-state index contributed by atoms with van der Waals surface area (Å²) in [6, 6.07) is 0. The summed E-state index contributed by atoms with van der Waals surface area (Å²) in [5.41, 5.74) is 0. The lowest BCUT2D eigenvalue weighted by atomic mass is 10.4. The van der Waals surface area contributed by atoms with Crippen LogP contribution in [0.25, 0.3) is 0 Å². The molecule has 0 bridgehead atoms. The van der Waals surface area contributed by atoms with Crippen LogP contribution in [-0.4, -0.2) is 39.5 Å². The van der Waals surface area contributed by atoms with Crippen LogP contribution in [0.3, 0.4) is 0 Å². The smallest absolute Gasteiger partial charge is 0.315 e. The van der Waals surface area contributed by atoms with E-state index in [1.165, 1.54) is 0 Å². The van der Waals surface area contributed by atoms with Crippen LogP contribution < -0.4 is 10.0 Å². The van der Waals surface area contributed by atoms with Crippen molar-refractivity contribution in [1.82, 2.24) is 10.0 Å². The molecular weight excluding hydrogens is 221 g/mol. The van der Waals surface area contributed by atoms with Crippen molar-refractivity contribution in [1.29, 1.82) is 0 Å². The Morgan fingerprint density at radius 1 is 1.43 bits per heavy atom. The average Bonchev–Trinajstić information content (AvgIpc) is 2.52. The van der Waals surface area contributed by atoms with Gasteiger partial charge in [0.2, 0.25) is 10.0 Å². The van der Waals surface area contributed by atoms with Crippen molar-refractivity contribution in [2.24, 2.45) is 0 Å². The number of hydrogen-bond acceptors (Lipinski definition) is 3. The second kappa shape index (κ2) is 4.03. The van der Waals surface area contributed by atoms with Crippen LogP contribution in [0.2, 0.25) is 0 Å². The average molecular weight is 232 g/mol. The number of hydrogen-bond donors (Lipinski definition) is 2. The van der Waals surface area contributed by atoms with Gasteiger partial charge in [0.05, 0.1) is 5.25 Å². The lowest BCUT2D eigenvalue weighted by Crippen LogP contribution is -2.40. The number of rotatable bonds is 3. The van der Waals surface area contributed by atoms with Gasteiger partial charge in [0.1, 0.15) is 6.54 Å². The third-order valence-electron chi connectivity index (χ3n) is 1.93. The fourth-order valence-electron chi connectivity index (χ4n) is 1.19. The molecule has 14 heavy (non-hydrogen) atoms. The molecule has 1 aliphatic heterocycles. The Morgan fingerprint density at radius 3 is 2.50 bits per heavy atom. The Balaban J connectivity index is 2.50. The van der Waals surface area contributed by atoms with Crippen molar-refractivity contribution in [3.8, 4) is 0 Å². The van der Waals surface area contributed by atoms with Gasteiger partial charge < -0.3 is 5.32 Å². The highest BCUT2D eigenvalue weighted by Gasteiger charge is 2.34. The minimum absolute atomic E-state index is 0.215. The van der Waals surface area contributed by atoms with Crippen LogP contribution in [0.1, 0.15) is 6.42 Å². The summed E-state index contributed by atoms with van der Waals surface area (Å²) in [4.78, 5) is 0. The molecule has 8 heteroatoms. The Bertz CT molecular complexity index is 282. The second-order valence-corrected chi connectivity index (χ2v) is 5.14. The van der Waals surface area contributed by atoms with Gasteiger partial charge >= 0.3 is 6.18 Å². The maximum absolute atomic E-state index is 11.7. The van der Waals surface area contributed by atoms with E-state index in [1.807, 2.05) is 0 Å². The maximum atomic E-state index is 11.7. The molecular formula is C6H11F3N2O2S. The van der Waals surface area contributed by atoms with E-state index < -0.39 is 28.0 Å². The fraction of sp³-hybridized carbons (Fsp3) is 1.00. The Labute approximate surface area is 79.9 Å². The third kappa shape index (κ3) is 3.43. The zero-order valence-corrected chi connectivity index (χ0v) is 8.08. The predicted molar refractivity (Wildman–Crippen MR) is 44.3 cm³/mol. The van der Waals surface area contributed by atoms with Gasteiger partial charge in [-0.05, 0) is 13.0 Å². The molecule has 0 aliphatic carbocycles. The van der Waals surface area contributed by atoms with Crippen LogP contribution >= 0.6 is 0 Å². The van der Waals surface area contributed by atoms with E-state index in [1.54, 1.807) is 4.72 Å². The highest BCUT2D eigenvalue weighted by atomic mass is 32.2. The molecule has 1 fully saturated rings. The van der Waals surface area contributed by atoms with E-state index in [-0.39, 0.29) is 6.54 Å². The van der Waals surface area contributed by atoms with Crippen molar-refractivity contribution in [2.45, 2.75) is 17.8 Å². The van der Waals surface area contributed by atoms with Gasteiger partial charge in [-0.3, -0.25) is 0 Å². The maximum Gasteiger partial charge on any atom is 0.402 e. The van der Waals surface area contributed by atoms with E-state index in [0.29, 0.717) is 13.0 Å². The predicted octanol–water partition coefficient (Wildman–Crippen LogP) is -0.170. The van der Waals surface area contributed by atoms with Crippen molar-refractivity contribution in [3.63, 3.8) is 0 Å². The van der Waals surface area contributed by atoms with Gasteiger partial charge in [-0.25, -0.2) is 13.1 Å². The molecule has 1 saturated heterocycles. The standard InChI is InChI=1S/C6H11F3N2O2S/c7-6(8,9)4-11-14(12,13)5-1-2-10-3-5/h5,10-11H,1-4H2. The zero-order valence-electron chi connectivity index (χ0n) is 7.26. The molecule has 1 unspecified atom stereocenters. The van der Waals surface area contributed by atoms with E-state index >= 15 is 0 Å². The Hall–Kier alpha value is -0.340. The van der Waals surface area contributed by atoms with Crippen molar-refractivity contribution in [3.05, 3.63) is 0 Å². The first-order valence-corrected chi connectivity index (χ1v) is 5.62. The van der Waals surface area contributed by atoms with E-state index in [9.17, 15) is 21.6 Å². The molecule has 0 aromatic carbocycles. The summed E-state index contributed by atoms with van der Waals surface area (Å²) in [7, 11) is -3.83. The van der Waals surface area contributed by atoms with Gasteiger partial charge in [-0.15, -0.1) is 0 Å². The van der Waals surface area contributed by atoms with Crippen LogP contribution in [-0.2, 0) is 10.0 Å². The SMILES string of the molecule is O=S(=O)(NCC(F)(F)F)C1CCNC1. The van der Waals surface area contributed by atoms with Gasteiger partial charge in [-0.2, -0.15) is 13.2 Å². The molecule has 1 atom stereocenters. The topological polar surface area (TPSA) is 58.2 Å². The monoisotopic (exact) mass is 232 g/mol. The number of sulfonamides is 1. The molecule has 0 radical (unpaired) electrons. The number of alkyl halides is 3. The van der Waals surface area contributed by atoms with Crippen molar-refractivity contribution in [2.75, 3.05) is 19.6 Å². The van der Waals surface area contributed by atoms with Gasteiger partial charge in [0.25, 0.3) is 0 Å². The molecule has 0 aromatic rings. The van der Waals surface area contributed by atoms with Crippen molar-refractivity contribution >= 4 is 10.0 Å². The Morgan fingerprint density at radius 2 is 2.07 bits per heavy atom. The zero-order chi connectivity index (χ0) is 10.8. The van der Waals surface area contributed by atoms with Gasteiger partial charge in [0.15, 0.2) is 0 Å². The van der Waals surface area contributed by atoms with E-state index in [0.717, 1.165) is 0 Å². The Kier molecular flexibility index (Phi) is 3.38. The molecule has 2 N–H and O–H groups in total. The first-order valence-electron chi connectivity index (χ1n) is 4.07. The van der Waals surface area contributed by atoms with E-state index in [2.05, 4.69) is 5.32 Å². The van der Waals surface area contributed by atoms with Crippen molar-refractivity contribution < 1.29 is 21.6 Å². The molecule has 1 heterocycles. The van der Waals surface area contributed by atoms with Crippen LogP contribution in [0.4, 0.5) is 13.2 Å². The second-order valence-electron chi connectivity index (χ2n) is 3.10. The fourth-order valence-corrected chi connectivity index (χ4v) is 2.56. The highest BCUT2D eigenvalue weighted by Crippen LogP contribution is 2.15. The van der Waals surface area contributed by atoms with Gasteiger partial charge in [0, 0.05) is 6.54 Å². The molecule has 1 aliphatic rings. The molecule has 0 amide bonds. The first kappa shape index (κ1) is 11.7. The molecule has 84 valence electrons. The highest BCUT2D eigenvalue weighted by molar-refractivity contribution is 7.90. The number of halogens is 3. The normalized spacial score (nSPS) is 24.1. The minimum Gasteiger partial charge on any atom is -0.315 e. The summed E-state index contributed by atoms with van der Waals surface area (Å²) < 4.78 is 59.2. The van der Waals surface area contributed by atoms with Crippen LogP contribution in [0.15, 0.2) is 0 Å². The summed E-state index contributed by atoms with van der Waals surface area (Å²) in [5, 5.41) is 2.03.